The number of rotatable bonds is 11. The molecule has 3 heteroatoms. The Morgan fingerprint density at radius 2 is 1.75 bits per heavy atom. The summed E-state index contributed by atoms with van der Waals surface area (Å²) in [7, 11) is 0. The van der Waals surface area contributed by atoms with Gasteiger partial charge in [0, 0.05) is 11.6 Å². The molecule has 1 fully saturated rings. The third-order valence-electron chi connectivity index (χ3n) is 4.75. The fraction of sp³-hybridized carbons (Fsp3) is 1.00. The van der Waals surface area contributed by atoms with Gasteiger partial charge in [-0.05, 0) is 58.2 Å². The van der Waals surface area contributed by atoms with E-state index >= 15 is 0 Å². The first-order chi connectivity index (χ1) is 9.71. The molecule has 2 N–H and O–H groups in total. The average Bonchev–Trinajstić information content (AvgIpc) is 2.90. The summed E-state index contributed by atoms with van der Waals surface area (Å²) in [4.78, 5) is 2.69. The topological polar surface area (TPSA) is 35.5 Å². The number of nitrogens with one attached hydrogen (secondary N) is 1. The molecular formula is C17H36N2O. The summed E-state index contributed by atoms with van der Waals surface area (Å²) in [5.74, 6) is 0. The van der Waals surface area contributed by atoms with Crippen LogP contribution in [-0.2, 0) is 0 Å². The van der Waals surface area contributed by atoms with E-state index in [1.165, 1.54) is 45.2 Å². The molecule has 3 nitrogen and oxygen atoms in total. The zero-order valence-electron chi connectivity index (χ0n) is 14.0. The quantitative estimate of drug-likeness (QED) is 0.612. The molecule has 0 aromatic heterocycles. The third-order valence-corrected chi connectivity index (χ3v) is 4.75. The Balaban J connectivity index is 2.54. The van der Waals surface area contributed by atoms with Crippen molar-refractivity contribution in [2.45, 2.75) is 83.7 Å². The number of aliphatic hydroxyl groups excluding tert-OH is 1. The lowest BCUT2D eigenvalue weighted by Crippen LogP contribution is -2.48. The molecule has 0 spiro atoms. The standard InChI is InChI=1S/C17H36N2O/c1-4-7-12-19(13-8-5-2)16-9-10-17(14-16,15-20)18-11-6-3/h16,18,20H,4-15H2,1-3H3. The number of nitrogens with zero attached hydrogens (tertiary/aromatic N) is 1. The van der Waals surface area contributed by atoms with Crippen LogP contribution in [0.2, 0.25) is 0 Å². The fourth-order valence-corrected chi connectivity index (χ4v) is 3.36. The summed E-state index contributed by atoms with van der Waals surface area (Å²) in [6, 6.07) is 0.671. The predicted octanol–water partition coefficient (Wildman–Crippen LogP) is 3.17. The molecule has 0 aromatic carbocycles. The van der Waals surface area contributed by atoms with Gasteiger partial charge < -0.3 is 15.3 Å². The first-order valence-electron chi connectivity index (χ1n) is 8.81. The molecular weight excluding hydrogens is 248 g/mol. The second-order valence-electron chi connectivity index (χ2n) is 6.50. The Morgan fingerprint density at radius 1 is 1.10 bits per heavy atom. The monoisotopic (exact) mass is 284 g/mol. The summed E-state index contributed by atoms with van der Waals surface area (Å²) in [5.41, 5.74) is -0.00262. The Hall–Kier alpha value is -0.120. The highest BCUT2D eigenvalue weighted by Gasteiger charge is 2.39. The van der Waals surface area contributed by atoms with Gasteiger partial charge in [-0.1, -0.05) is 33.6 Å². The van der Waals surface area contributed by atoms with Crippen LogP contribution in [-0.4, -0.2) is 47.8 Å². The Labute approximate surface area is 126 Å². The van der Waals surface area contributed by atoms with Crippen molar-refractivity contribution in [1.29, 1.82) is 0 Å². The molecule has 120 valence electrons. The van der Waals surface area contributed by atoms with Gasteiger partial charge in [0.1, 0.15) is 0 Å². The molecule has 1 saturated carbocycles. The van der Waals surface area contributed by atoms with E-state index in [0.29, 0.717) is 12.6 Å². The molecule has 0 aliphatic heterocycles. The maximum atomic E-state index is 9.81. The van der Waals surface area contributed by atoms with Crippen molar-refractivity contribution in [2.24, 2.45) is 0 Å². The van der Waals surface area contributed by atoms with E-state index < -0.39 is 0 Å². The van der Waals surface area contributed by atoms with Gasteiger partial charge in [0.15, 0.2) is 0 Å². The van der Waals surface area contributed by atoms with Gasteiger partial charge in [0.05, 0.1) is 6.61 Å². The lowest BCUT2D eigenvalue weighted by molar-refractivity contribution is 0.140. The zero-order chi connectivity index (χ0) is 14.8. The van der Waals surface area contributed by atoms with E-state index in [1.54, 1.807) is 0 Å². The van der Waals surface area contributed by atoms with Crippen molar-refractivity contribution >= 4 is 0 Å². The minimum atomic E-state index is -0.00262. The molecule has 20 heavy (non-hydrogen) atoms. The highest BCUT2D eigenvalue weighted by molar-refractivity contribution is 4.99. The first-order valence-corrected chi connectivity index (χ1v) is 8.81. The van der Waals surface area contributed by atoms with Crippen molar-refractivity contribution in [3.8, 4) is 0 Å². The summed E-state index contributed by atoms with van der Waals surface area (Å²) in [5, 5.41) is 13.4. The van der Waals surface area contributed by atoms with Gasteiger partial charge in [0.2, 0.25) is 0 Å². The van der Waals surface area contributed by atoms with Crippen LogP contribution in [0.25, 0.3) is 0 Å². The second kappa shape index (κ2) is 9.75. The predicted molar refractivity (Wildman–Crippen MR) is 87.1 cm³/mol. The van der Waals surface area contributed by atoms with Crippen molar-refractivity contribution in [3.05, 3.63) is 0 Å². The van der Waals surface area contributed by atoms with Crippen LogP contribution in [0.4, 0.5) is 0 Å². The largest absolute Gasteiger partial charge is 0.394 e. The van der Waals surface area contributed by atoms with Gasteiger partial charge in [0.25, 0.3) is 0 Å². The summed E-state index contributed by atoms with van der Waals surface area (Å²) < 4.78 is 0. The van der Waals surface area contributed by atoms with Crippen molar-refractivity contribution in [2.75, 3.05) is 26.2 Å². The minimum Gasteiger partial charge on any atom is -0.394 e. The summed E-state index contributed by atoms with van der Waals surface area (Å²) in [6.07, 6.45) is 9.78. The van der Waals surface area contributed by atoms with Crippen LogP contribution in [0.5, 0.6) is 0 Å². The molecule has 0 amide bonds. The van der Waals surface area contributed by atoms with Crippen LogP contribution in [0, 0.1) is 0 Å². The molecule has 0 aromatic rings. The van der Waals surface area contributed by atoms with E-state index in [1.807, 2.05) is 0 Å². The highest BCUT2D eigenvalue weighted by Crippen LogP contribution is 2.33. The Bertz CT molecular complexity index is 239. The van der Waals surface area contributed by atoms with Crippen molar-refractivity contribution in [1.82, 2.24) is 10.2 Å². The molecule has 1 aliphatic carbocycles. The highest BCUT2D eigenvalue weighted by atomic mass is 16.3. The van der Waals surface area contributed by atoms with Crippen LogP contribution in [0.1, 0.15) is 72.1 Å². The van der Waals surface area contributed by atoms with Crippen LogP contribution < -0.4 is 5.32 Å². The number of hydrogen-bond acceptors (Lipinski definition) is 3. The zero-order valence-corrected chi connectivity index (χ0v) is 14.0. The van der Waals surface area contributed by atoms with Crippen molar-refractivity contribution in [3.63, 3.8) is 0 Å². The van der Waals surface area contributed by atoms with Gasteiger partial charge in [-0.15, -0.1) is 0 Å². The van der Waals surface area contributed by atoms with Crippen LogP contribution in [0.3, 0.4) is 0 Å². The molecule has 0 heterocycles. The van der Waals surface area contributed by atoms with Crippen LogP contribution in [0.15, 0.2) is 0 Å². The Kier molecular flexibility index (Phi) is 8.74. The fourth-order valence-electron chi connectivity index (χ4n) is 3.36. The SMILES string of the molecule is CCCCN(CCCC)C1CCC(CO)(NCCC)C1. The first kappa shape index (κ1) is 17.9. The average molecular weight is 284 g/mol. The van der Waals surface area contributed by atoms with E-state index in [9.17, 15) is 5.11 Å². The number of aliphatic hydroxyl groups is 1. The molecule has 0 saturated heterocycles. The van der Waals surface area contributed by atoms with Gasteiger partial charge >= 0.3 is 0 Å². The molecule has 2 unspecified atom stereocenters. The number of hydrogen-bond donors (Lipinski definition) is 2. The molecule has 0 radical (unpaired) electrons. The third kappa shape index (κ3) is 5.34. The molecule has 1 rings (SSSR count). The van der Waals surface area contributed by atoms with E-state index in [0.717, 1.165) is 25.8 Å². The van der Waals surface area contributed by atoms with E-state index in [2.05, 4.69) is 31.0 Å². The van der Waals surface area contributed by atoms with Gasteiger partial charge in [-0.2, -0.15) is 0 Å². The lowest BCUT2D eigenvalue weighted by Gasteiger charge is -2.32. The minimum absolute atomic E-state index is 0.00262. The lowest BCUT2D eigenvalue weighted by atomic mass is 9.98. The van der Waals surface area contributed by atoms with E-state index in [-0.39, 0.29) is 5.54 Å². The maximum absolute atomic E-state index is 9.81. The van der Waals surface area contributed by atoms with Crippen molar-refractivity contribution < 1.29 is 5.11 Å². The van der Waals surface area contributed by atoms with E-state index in [4.69, 9.17) is 0 Å². The Morgan fingerprint density at radius 3 is 2.25 bits per heavy atom. The maximum Gasteiger partial charge on any atom is 0.0613 e. The normalized spacial score (nSPS) is 26.6. The molecule has 1 aliphatic rings. The molecule has 0 bridgehead atoms. The molecule has 2 atom stereocenters. The second-order valence-corrected chi connectivity index (χ2v) is 6.50. The smallest absolute Gasteiger partial charge is 0.0613 e. The summed E-state index contributed by atoms with van der Waals surface area (Å²) in [6.45, 7) is 10.5. The summed E-state index contributed by atoms with van der Waals surface area (Å²) >= 11 is 0. The van der Waals surface area contributed by atoms with Crippen LogP contribution >= 0.6 is 0 Å². The van der Waals surface area contributed by atoms with Gasteiger partial charge in [-0.25, -0.2) is 0 Å². The van der Waals surface area contributed by atoms with Gasteiger partial charge in [-0.3, -0.25) is 0 Å². The number of unbranched alkanes of at least 4 members (excludes halogenated alkanes) is 2.